The second-order valence-electron chi connectivity index (χ2n) is 2.35. The Morgan fingerprint density at radius 2 is 2.09 bits per heavy atom. The van der Waals surface area contributed by atoms with Crippen molar-refractivity contribution in [3.05, 3.63) is 0 Å². The monoisotopic (exact) mass is 181 g/mol. The molecular formula is C6H16ClN3O. The minimum atomic E-state index is -0.125. The fourth-order valence-electron chi connectivity index (χ4n) is 0.444. The summed E-state index contributed by atoms with van der Waals surface area (Å²) in [5, 5.41) is 2.64. The molecule has 1 amide bonds. The van der Waals surface area contributed by atoms with E-state index in [-0.39, 0.29) is 24.9 Å². The fraction of sp³-hybridized carbons (Fsp3) is 0.833. The molecule has 68 valence electrons. The lowest BCUT2D eigenvalue weighted by Gasteiger charge is -2.08. The molecule has 0 fully saturated rings. The first kappa shape index (κ1) is 13.3. The van der Waals surface area contributed by atoms with Crippen molar-refractivity contribution >= 4 is 18.3 Å². The van der Waals surface area contributed by atoms with E-state index in [0.29, 0.717) is 19.0 Å². The summed E-state index contributed by atoms with van der Waals surface area (Å²) in [6.07, 6.45) is 0. The minimum absolute atomic E-state index is 0. The van der Waals surface area contributed by atoms with Gasteiger partial charge in [0.25, 0.3) is 0 Å². The molecule has 0 aliphatic heterocycles. The van der Waals surface area contributed by atoms with Gasteiger partial charge in [-0.05, 0) is 12.5 Å². The third-order valence-electron chi connectivity index (χ3n) is 1.24. The van der Waals surface area contributed by atoms with Crippen LogP contribution >= 0.6 is 12.4 Å². The molecule has 0 aliphatic carbocycles. The number of amides is 1. The van der Waals surface area contributed by atoms with Gasteiger partial charge in [0, 0.05) is 6.54 Å². The highest BCUT2D eigenvalue weighted by Crippen LogP contribution is 1.85. The number of rotatable bonds is 4. The summed E-state index contributed by atoms with van der Waals surface area (Å²) in [4.78, 5) is 10.6. The van der Waals surface area contributed by atoms with Crippen LogP contribution in [0.15, 0.2) is 0 Å². The van der Waals surface area contributed by atoms with Crippen molar-refractivity contribution in [2.75, 3.05) is 19.6 Å². The molecule has 0 saturated heterocycles. The Balaban J connectivity index is 0. The Morgan fingerprint density at radius 1 is 1.55 bits per heavy atom. The first-order chi connectivity index (χ1) is 4.70. The highest BCUT2D eigenvalue weighted by atomic mass is 35.5. The summed E-state index contributed by atoms with van der Waals surface area (Å²) in [5.41, 5.74) is 10.4. The van der Waals surface area contributed by atoms with Crippen molar-refractivity contribution in [1.82, 2.24) is 5.32 Å². The van der Waals surface area contributed by atoms with Crippen molar-refractivity contribution in [1.29, 1.82) is 0 Å². The van der Waals surface area contributed by atoms with Gasteiger partial charge in [-0.25, -0.2) is 0 Å². The average molecular weight is 182 g/mol. The normalized spacial score (nSPS) is 11.5. The van der Waals surface area contributed by atoms with Gasteiger partial charge in [0.05, 0.1) is 6.54 Å². The van der Waals surface area contributed by atoms with Crippen molar-refractivity contribution < 1.29 is 4.79 Å². The molecule has 0 saturated carbocycles. The summed E-state index contributed by atoms with van der Waals surface area (Å²) in [6, 6.07) is 0. The van der Waals surface area contributed by atoms with E-state index in [1.807, 2.05) is 6.92 Å². The van der Waals surface area contributed by atoms with Crippen molar-refractivity contribution in [3.63, 3.8) is 0 Å². The Bertz CT molecular complexity index is 110. The number of nitrogens with two attached hydrogens (primary N) is 2. The quantitative estimate of drug-likeness (QED) is 0.525. The molecule has 0 spiro atoms. The van der Waals surface area contributed by atoms with Crippen LogP contribution in [0.2, 0.25) is 0 Å². The number of carbonyl (C=O) groups excluding carboxylic acids is 1. The second kappa shape index (κ2) is 7.78. The topological polar surface area (TPSA) is 81.1 Å². The van der Waals surface area contributed by atoms with Crippen LogP contribution in [0.25, 0.3) is 0 Å². The largest absolute Gasteiger partial charge is 0.355 e. The second-order valence-corrected chi connectivity index (χ2v) is 2.35. The van der Waals surface area contributed by atoms with E-state index in [9.17, 15) is 4.79 Å². The smallest absolute Gasteiger partial charge is 0.233 e. The molecule has 4 nitrogen and oxygen atoms in total. The maximum absolute atomic E-state index is 10.6. The van der Waals surface area contributed by atoms with E-state index in [1.54, 1.807) is 0 Å². The number of hydrogen-bond donors (Lipinski definition) is 3. The zero-order valence-corrected chi connectivity index (χ0v) is 7.49. The average Bonchev–Trinajstić information content (AvgIpc) is 1.99. The van der Waals surface area contributed by atoms with E-state index in [0.717, 1.165) is 0 Å². The van der Waals surface area contributed by atoms with E-state index >= 15 is 0 Å². The van der Waals surface area contributed by atoms with Crippen LogP contribution in [0, 0.1) is 5.92 Å². The van der Waals surface area contributed by atoms with Gasteiger partial charge >= 0.3 is 0 Å². The molecule has 0 aromatic carbocycles. The van der Waals surface area contributed by atoms with Gasteiger partial charge in [0.1, 0.15) is 0 Å². The third-order valence-corrected chi connectivity index (χ3v) is 1.24. The summed E-state index contributed by atoms with van der Waals surface area (Å²) in [5.74, 6) is 0.204. The lowest BCUT2D eigenvalue weighted by Crippen LogP contribution is -2.35. The van der Waals surface area contributed by atoms with Crippen LogP contribution in [0.3, 0.4) is 0 Å². The SMILES string of the molecule is CC(CN)CNC(=O)CN.Cl. The molecule has 1 unspecified atom stereocenters. The summed E-state index contributed by atoms with van der Waals surface area (Å²) < 4.78 is 0. The molecule has 5 heteroatoms. The third kappa shape index (κ3) is 7.58. The molecule has 0 aromatic heterocycles. The van der Waals surface area contributed by atoms with Crippen LogP contribution in [-0.4, -0.2) is 25.5 Å². The van der Waals surface area contributed by atoms with Crippen LogP contribution in [0.5, 0.6) is 0 Å². The molecule has 0 aromatic rings. The van der Waals surface area contributed by atoms with E-state index in [1.165, 1.54) is 0 Å². The van der Waals surface area contributed by atoms with Gasteiger partial charge in [-0.2, -0.15) is 0 Å². The zero-order valence-electron chi connectivity index (χ0n) is 6.67. The lowest BCUT2D eigenvalue weighted by molar-refractivity contribution is -0.119. The Hall–Kier alpha value is -0.320. The standard InChI is InChI=1S/C6H15N3O.ClH/c1-5(2-7)4-9-6(10)3-8;/h5H,2-4,7-8H2,1H3,(H,9,10);1H. The van der Waals surface area contributed by atoms with Crippen molar-refractivity contribution in [3.8, 4) is 0 Å². The Kier molecular flexibility index (Phi) is 9.40. The highest BCUT2D eigenvalue weighted by molar-refractivity contribution is 5.85. The predicted molar refractivity (Wildman–Crippen MR) is 47.5 cm³/mol. The van der Waals surface area contributed by atoms with E-state index in [2.05, 4.69) is 5.32 Å². The van der Waals surface area contributed by atoms with Crippen LogP contribution in [0.1, 0.15) is 6.92 Å². The number of hydrogen-bond acceptors (Lipinski definition) is 3. The van der Waals surface area contributed by atoms with Crippen molar-refractivity contribution in [2.45, 2.75) is 6.92 Å². The van der Waals surface area contributed by atoms with Crippen molar-refractivity contribution in [2.24, 2.45) is 17.4 Å². The van der Waals surface area contributed by atoms with E-state index < -0.39 is 0 Å². The fourth-order valence-corrected chi connectivity index (χ4v) is 0.444. The summed E-state index contributed by atoms with van der Waals surface area (Å²) in [6.45, 7) is 3.23. The molecule has 0 bridgehead atoms. The van der Waals surface area contributed by atoms with Gasteiger partial charge in [-0.1, -0.05) is 6.92 Å². The molecule has 0 radical (unpaired) electrons. The van der Waals surface area contributed by atoms with Gasteiger partial charge in [0.2, 0.25) is 5.91 Å². The Labute approximate surface area is 73.1 Å². The number of nitrogens with one attached hydrogen (secondary N) is 1. The maximum atomic E-state index is 10.6. The first-order valence-electron chi connectivity index (χ1n) is 3.37. The van der Waals surface area contributed by atoms with Gasteiger partial charge in [-0.3, -0.25) is 4.79 Å². The molecule has 1 atom stereocenters. The Morgan fingerprint density at radius 3 is 2.45 bits per heavy atom. The van der Waals surface area contributed by atoms with Gasteiger partial charge in [-0.15, -0.1) is 12.4 Å². The van der Waals surface area contributed by atoms with Crippen LogP contribution < -0.4 is 16.8 Å². The first-order valence-corrected chi connectivity index (χ1v) is 3.37. The number of carbonyl (C=O) groups is 1. The van der Waals surface area contributed by atoms with Gasteiger partial charge in [0.15, 0.2) is 0 Å². The zero-order chi connectivity index (χ0) is 7.98. The lowest BCUT2D eigenvalue weighted by atomic mass is 10.2. The maximum Gasteiger partial charge on any atom is 0.233 e. The highest BCUT2D eigenvalue weighted by Gasteiger charge is 2.00. The predicted octanol–water partition coefficient (Wildman–Crippen LogP) is -0.922. The molecule has 0 heterocycles. The van der Waals surface area contributed by atoms with Crippen LogP contribution in [-0.2, 0) is 4.79 Å². The summed E-state index contributed by atoms with van der Waals surface area (Å²) >= 11 is 0. The molecule has 11 heavy (non-hydrogen) atoms. The van der Waals surface area contributed by atoms with Crippen LogP contribution in [0.4, 0.5) is 0 Å². The number of halogens is 1. The minimum Gasteiger partial charge on any atom is -0.355 e. The molecule has 5 N–H and O–H groups in total. The van der Waals surface area contributed by atoms with E-state index in [4.69, 9.17) is 11.5 Å². The molecular weight excluding hydrogens is 166 g/mol. The summed E-state index contributed by atoms with van der Waals surface area (Å²) in [7, 11) is 0. The van der Waals surface area contributed by atoms with Gasteiger partial charge < -0.3 is 16.8 Å². The molecule has 0 aliphatic rings. The molecule has 0 rings (SSSR count).